The van der Waals surface area contributed by atoms with Crippen molar-refractivity contribution in [2.75, 3.05) is 12.0 Å². The minimum Gasteiger partial charge on any atom is -0.460 e. The largest absolute Gasteiger partial charge is 0.460 e. The summed E-state index contributed by atoms with van der Waals surface area (Å²) in [6.45, 7) is 1.73. The highest BCUT2D eigenvalue weighted by Gasteiger charge is 2.24. The molecule has 2 aromatic rings. The van der Waals surface area contributed by atoms with Gasteiger partial charge in [0.2, 0.25) is 0 Å². The average Bonchev–Trinajstić information content (AvgIpc) is 3.06. The zero-order chi connectivity index (χ0) is 20.5. The Kier molecular flexibility index (Phi) is 5.34. The molecule has 2 aromatic carbocycles. The van der Waals surface area contributed by atoms with E-state index in [0.29, 0.717) is 56.6 Å². The van der Waals surface area contributed by atoms with Gasteiger partial charge in [0.1, 0.15) is 28.4 Å². The smallest absolute Gasteiger partial charge is 0.312 e. The molecule has 0 unspecified atom stereocenters. The molecule has 2 aliphatic heterocycles. The van der Waals surface area contributed by atoms with Crippen molar-refractivity contribution in [1.82, 2.24) is 9.78 Å². The standard InChI is InChI=1S/C21H17ClN2O4S/c1-12-19-20(23-24(21(19)26)14-5-3-13(22)4-6-14)16-11-15(7-8-17(16)27-12)28-18(25)9-10-29-2/h3-8,11H,9-10H2,1-2H3. The van der Waals surface area contributed by atoms with Crippen LogP contribution in [-0.4, -0.2) is 27.8 Å². The average molecular weight is 429 g/mol. The fraction of sp³-hybridized carbons (Fsp3) is 0.190. The maximum absolute atomic E-state index is 13.0. The van der Waals surface area contributed by atoms with Gasteiger partial charge in [-0.25, -0.2) is 0 Å². The molecule has 0 saturated carbocycles. The van der Waals surface area contributed by atoms with Crippen molar-refractivity contribution in [3.63, 3.8) is 0 Å². The third-order valence-electron chi connectivity index (χ3n) is 4.48. The lowest BCUT2D eigenvalue weighted by Crippen LogP contribution is -2.14. The number of halogens is 1. The second-order valence-corrected chi connectivity index (χ2v) is 7.87. The number of benzene rings is 2. The fourth-order valence-electron chi connectivity index (χ4n) is 3.10. The molecule has 4 rings (SSSR count). The Bertz CT molecular complexity index is 1230. The number of ether oxygens (including phenoxy) is 1. The number of hydrogen-bond acceptors (Lipinski definition) is 6. The Balaban J connectivity index is 1.84. The molecular weight excluding hydrogens is 412 g/mol. The van der Waals surface area contributed by atoms with Gasteiger partial charge in [-0.2, -0.15) is 21.5 Å². The minimum absolute atomic E-state index is 0.284. The number of hydrogen-bond donors (Lipinski definition) is 0. The molecule has 0 N–H and O–H groups in total. The van der Waals surface area contributed by atoms with Crippen LogP contribution in [0.3, 0.4) is 0 Å². The van der Waals surface area contributed by atoms with Crippen molar-refractivity contribution >= 4 is 40.3 Å². The predicted octanol–water partition coefficient (Wildman–Crippen LogP) is 4.70. The third-order valence-corrected chi connectivity index (χ3v) is 5.34. The van der Waals surface area contributed by atoms with Crippen LogP contribution in [0.5, 0.6) is 5.75 Å². The van der Waals surface area contributed by atoms with Gasteiger partial charge in [0, 0.05) is 16.2 Å². The Hall–Kier alpha value is -2.77. The van der Waals surface area contributed by atoms with Gasteiger partial charge in [-0.3, -0.25) is 9.59 Å². The minimum atomic E-state index is -0.310. The maximum atomic E-state index is 13.0. The second kappa shape index (κ2) is 7.93. The van der Waals surface area contributed by atoms with Gasteiger partial charge >= 0.3 is 5.97 Å². The molecular formula is C21H17ClN2O4S. The molecule has 148 valence electrons. The van der Waals surface area contributed by atoms with Gasteiger partial charge in [-0.1, -0.05) is 11.6 Å². The predicted molar refractivity (Wildman–Crippen MR) is 115 cm³/mol. The summed E-state index contributed by atoms with van der Waals surface area (Å²) in [6, 6.07) is 11.9. The Morgan fingerprint density at radius 1 is 1.24 bits per heavy atom. The number of rotatable bonds is 5. The molecule has 0 aromatic heterocycles. The molecule has 2 heterocycles. The Morgan fingerprint density at radius 3 is 2.72 bits per heavy atom. The van der Waals surface area contributed by atoms with Crippen LogP contribution in [-0.2, 0) is 4.79 Å². The van der Waals surface area contributed by atoms with E-state index in [1.165, 1.54) is 4.68 Å². The molecule has 0 saturated heterocycles. The van der Waals surface area contributed by atoms with Crippen molar-refractivity contribution < 1.29 is 13.9 Å². The summed E-state index contributed by atoms with van der Waals surface area (Å²) in [6.07, 6.45) is 2.25. The molecule has 0 fully saturated rings. The molecule has 0 aliphatic carbocycles. The van der Waals surface area contributed by atoms with E-state index in [2.05, 4.69) is 5.10 Å². The normalized spacial score (nSPS) is 11.3. The first-order valence-electron chi connectivity index (χ1n) is 8.89. The molecule has 0 amide bonds. The summed E-state index contributed by atoms with van der Waals surface area (Å²) >= 11 is 7.52. The first-order valence-corrected chi connectivity index (χ1v) is 10.7. The summed E-state index contributed by atoms with van der Waals surface area (Å²) in [5.41, 5.74) is 1.75. The van der Waals surface area contributed by atoms with E-state index in [1.807, 2.05) is 6.26 Å². The van der Waals surface area contributed by atoms with Crippen LogP contribution in [0.2, 0.25) is 5.02 Å². The van der Waals surface area contributed by atoms with Crippen molar-refractivity contribution in [3.05, 3.63) is 63.6 Å². The molecule has 0 bridgehead atoms. The van der Waals surface area contributed by atoms with Crippen molar-refractivity contribution in [2.24, 2.45) is 0 Å². The molecule has 0 atom stereocenters. The number of aryl methyl sites for hydroxylation is 1. The quantitative estimate of drug-likeness (QED) is 0.338. The van der Waals surface area contributed by atoms with Crippen molar-refractivity contribution in [3.8, 4) is 22.7 Å². The molecule has 0 spiro atoms. The first kappa shape index (κ1) is 19.5. The summed E-state index contributed by atoms with van der Waals surface area (Å²) in [4.78, 5) is 24.9. The van der Waals surface area contributed by atoms with Crippen molar-refractivity contribution in [1.29, 1.82) is 0 Å². The lowest BCUT2D eigenvalue weighted by molar-refractivity contribution is -0.133. The molecule has 2 aliphatic rings. The number of esters is 1. The topological polar surface area (TPSA) is 74.3 Å². The van der Waals surface area contributed by atoms with Gasteiger partial charge in [0.05, 0.1) is 12.1 Å². The van der Waals surface area contributed by atoms with Gasteiger partial charge in [-0.15, -0.1) is 0 Å². The number of aromatic nitrogens is 2. The monoisotopic (exact) mass is 428 g/mol. The van der Waals surface area contributed by atoms with E-state index in [0.717, 1.165) is 0 Å². The van der Waals surface area contributed by atoms with E-state index in [4.69, 9.17) is 20.8 Å². The molecule has 8 heteroatoms. The number of fused-ring (bicyclic) bond motifs is 3. The highest BCUT2D eigenvalue weighted by Crippen LogP contribution is 2.33. The zero-order valence-corrected chi connectivity index (χ0v) is 17.3. The van der Waals surface area contributed by atoms with Gasteiger partial charge in [0.15, 0.2) is 0 Å². The van der Waals surface area contributed by atoms with Crippen LogP contribution in [0, 0.1) is 6.92 Å². The van der Waals surface area contributed by atoms with Crippen LogP contribution >= 0.6 is 23.4 Å². The summed E-state index contributed by atoms with van der Waals surface area (Å²) < 4.78 is 12.6. The third kappa shape index (κ3) is 3.75. The van der Waals surface area contributed by atoms with E-state index in [-0.39, 0.29) is 11.5 Å². The van der Waals surface area contributed by atoms with E-state index < -0.39 is 0 Å². The number of nitrogens with zero attached hydrogens (tertiary/aromatic N) is 2. The Morgan fingerprint density at radius 2 is 2.00 bits per heavy atom. The van der Waals surface area contributed by atoms with Gasteiger partial charge < -0.3 is 9.15 Å². The summed E-state index contributed by atoms with van der Waals surface area (Å²) in [5.74, 6) is 1.24. The highest BCUT2D eigenvalue weighted by atomic mass is 35.5. The Labute approximate surface area is 175 Å². The van der Waals surface area contributed by atoms with E-state index in [1.54, 1.807) is 61.2 Å². The second-order valence-electron chi connectivity index (χ2n) is 6.45. The maximum Gasteiger partial charge on any atom is 0.312 e. The van der Waals surface area contributed by atoms with Crippen LogP contribution in [0.1, 0.15) is 12.2 Å². The van der Waals surface area contributed by atoms with E-state index >= 15 is 0 Å². The zero-order valence-electron chi connectivity index (χ0n) is 15.8. The molecule has 29 heavy (non-hydrogen) atoms. The van der Waals surface area contributed by atoms with Crippen LogP contribution in [0.15, 0.2) is 51.7 Å². The fourth-order valence-corrected chi connectivity index (χ4v) is 3.59. The lowest BCUT2D eigenvalue weighted by atomic mass is 10.1. The van der Waals surface area contributed by atoms with Crippen molar-refractivity contribution in [2.45, 2.75) is 13.3 Å². The van der Waals surface area contributed by atoms with Crippen LogP contribution < -0.4 is 10.3 Å². The van der Waals surface area contributed by atoms with Gasteiger partial charge in [0.25, 0.3) is 5.56 Å². The van der Waals surface area contributed by atoms with E-state index in [9.17, 15) is 9.59 Å². The van der Waals surface area contributed by atoms with Gasteiger partial charge in [-0.05, 0) is 55.6 Å². The highest BCUT2D eigenvalue weighted by molar-refractivity contribution is 7.98. The van der Waals surface area contributed by atoms with Crippen LogP contribution in [0.4, 0.5) is 0 Å². The first-order chi connectivity index (χ1) is 14.0. The number of carbonyl (C=O) groups excluding carboxylic acids is 1. The van der Waals surface area contributed by atoms with Crippen LogP contribution in [0.25, 0.3) is 27.9 Å². The number of carbonyl (C=O) groups is 1. The number of thioether (sulfide) groups is 1. The lowest BCUT2D eigenvalue weighted by Gasteiger charge is -2.08. The summed E-state index contributed by atoms with van der Waals surface area (Å²) in [7, 11) is 0. The molecule has 6 nitrogen and oxygen atoms in total. The molecule has 0 radical (unpaired) electrons. The SMILES string of the molecule is CSCCC(=O)Oc1ccc2oc(C)c3c(=O)n(-c4ccc(Cl)cc4)nc-3c2c1. The summed E-state index contributed by atoms with van der Waals surface area (Å²) in [5, 5.41) is 5.70.